The Morgan fingerprint density at radius 1 is 1.47 bits per heavy atom. The fourth-order valence-corrected chi connectivity index (χ4v) is 2.13. The predicted octanol–water partition coefficient (Wildman–Crippen LogP) is 0.729. The van der Waals surface area contributed by atoms with E-state index in [4.69, 9.17) is 4.74 Å². The number of ether oxygens (including phenoxy) is 1. The maximum absolute atomic E-state index is 12.0. The largest absolute Gasteiger partial charge is 0.508 e. The predicted molar refractivity (Wildman–Crippen MR) is 71.8 cm³/mol. The van der Waals surface area contributed by atoms with Crippen LogP contribution >= 0.6 is 0 Å². The lowest BCUT2D eigenvalue weighted by Crippen LogP contribution is -2.49. The number of carbonyl (C=O) groups excluding carboxylic acids is 1. The van der Waals surface area contributed by atoms with E-state index in [0.717, 1.165) is 18.7 Å². The van der Waals surface area contributed by atoms with Crippen LogP contribution < -0.4 is 5.32 Å². The van der Waals surface area contributed by atoms with Gasteiger partial charge in [-0.25, -0.2) is 0 Å². The molecule has 1 aliphatic rings. The monoisotopic (exact) mass is 264 g/mol. The maximum Gasteiger partial charge on any atom is 0.237 e. The number of nitrogens with one attached hydrogen (secondary N) is 1. The molecule has 104 valence electrons. The lowest BCUT2D eigenvalue weighted by Gasteiger charge is -2.31. The number of phenolic OH excluding ortho intramolecular Hbond substituents is 1. The molecule has 0 aromatic heterocycles. The van der Waals surface area contributed by atoms with Crippen LogP contribution in [0.3, 0.4) is 0 Å². The van der Waals surface area contributed by atoms with Crippen LogP contribution in [0.4, 0.5) is 0 Å². The van der Waals surface area contributed by atoms with E-state index >= 15 is 0 Å². The van der Waals surface area contributed by atoms with Crippen LogP contribution in [0.25, 0.3) is 0 Å². The van der Waals surface area contributed by atoms with Crippen molar-refractivity contribution in [2.24, 2.45) is 0 Å². The van der Waals surface area contributed by atoms with E-state index in [2.05, 4.69) is 10.2 Å². The summed E-state index contributed by atoms with van der Waals surface area (Å²) in [5.74, 6) is 0.221. The van der Waals surface area contributed by atoms with E-state index in [9.17, 15) is 9.90 Å². The van der Waals surface area contributed by atoms with E-state index in [1.54, 1.807) is 18.2 Å². The highest BCUT2D eigenvalue weighted by Crippen LogP contribution is 2.10. The van der Waals surface area contributed by atoms with E-state index in [-0.39, 0.29) is 17.7 Å². The Balaban J connectivity index is 1.83. The van der Waals surface area contributed by atoms with Crippen molar-refractivity contribution in [2.45, 2.75) is 19.5 Å². The van der Waals surface area contributed by atoms with Gasteiger partial charge in [-0.3, -0.25) is 9.69 Å². The van der Waals surface area contributed by atoms with E-state index in [1.807, 2.05) is 13.0 Å². The van der Waals surface area contributed by atoms with Crippen molar-refractivity contribution in [3.8, 4) is 5.75 Å². The molecule has 1 fully saturated rings. The molecular formula is C14H20N2O3. The second-order valence-corrected chi connectivity index (χ2v) is 4.71. The van der Waals surface area contributed by atoms with Crippen LogP contribution in [-0.4, -0.2) is 48.3 Å². The molecule has 0 radical (unpaired) electrons. The number of amides is 1. The summed E-state index contributed by atoms with van der Waals surface area (Å²) >= 11 is 0. The topological polar surface area (TPSA) is 61.8 Å². The van der Waals surface area contributed by atoms with Gasteiger partial charge in [0.15, 0.2) is 0 Å². The molecule has 1 unspecified atom stereocenters. The summed E-state index contributed by atoms with van der Waals surface area (Å²) in [6.45, 7) is 5.29. The lowest BCUT2D eigenvalue weighted by molar-refractivity contribution is -0.127. The van der Waals surface area contributed by atoms with Gasteiger partial charge < -0.3 is 15.2 Å². The molecule has 19 heavy (non-hydrogen) atoms. The molecule has 0 saturated carbocycles. The summed E-state index contributed by atoms with van der Waals surface area (Å²) in [5.41, 5.74) is 0.891. The van der Waals surface area contributed by atoms with Gasteiger partial charge in [0.05, 0.1) is 19.3 Å². The van der Waals surface area contributed by atoms with Crippen LogP contribution in [0.15, 0.2) is 24.3 Å². The first-order valence-electron chi connectivity index (χ1n) is 6.54. The van der Waals surface area contributed by atoms with Crippen LogP contribution in [-0.2, 0) is 16.1 Å². The van der Waals surface area contributed by atoms with Crippen LogP contribution in [0, 0.1) is 0 Å². The van der Waals surface area contributed by atoms with Gasteiger partial charge in [-0.05, 0) is 24.6 Å². The van der Waals surface area contributed by atoms with Gasteiger partial charge in [-0.1, -0.05) is 12.1 Å². The summed E-state index contributed by atoms with van der Waals surface area (Å²) in [4.78, 5) is 14.2. The molecule has 5 nitrogen and oxygen atoms in total. The number of benzene rings is 1. The average Bonchev–Trinajstić information content (AvgIpc) is 2.45. The van der Waals surface area contributed by atoms with Crippen LogP contribution in [0.1, 0.15) is 12.5 Å². The third kappa shape index (κ3) is 3.94. The van der Waals surface area contributed by atoms with Crippen molar-refractivity contribution in [2.75, 3.05) is 26.3 Å². The van der Waals surface area contributed by atoms with Crippen molar-refractivity contribution < 1.29 is 14.6 Å². The zero-order valence-electron chi connectivity index (χ0n) is 11.1. The Labute approximate surface area is 113 Å². The molecule has 1 atom stereocenters. The van der Waals surface area contributed by atoms with Gasteiger partial charge in [-0.15, -0.1) is 0 Å². The van der Waals surface area contributed by atoms with Gasteiger partial charge in [0.25, 0.3) is 0 Å². The minimum Gasteiger partial charge on any atom is -0.508 e. The molecule has 1 aromatic carbocycles. The summed E-state index contributed by atoms with van der Waals surface area (Å²) in [5, 5.41) is 12.2. The minimum absolute atomic E-state index is 0.00485. The van der Waals surface area contributed by atoms with Crippen molar-refractivity contribution in [3.63, 3.8) is 0 Å². The maximum atomic E-state index is 12.0. The minimum atomic E-state index is -0.152. The second-order valence-electron chi connectivity index (χ2n) is 4.71. The number of nitrogens with zero attached hydrogens (tertiary/aromatic N) is 1. The Bertz CT molecular complexity index is 430. The number of hydrogen-bond acceptors (Lipinski definition) is 4. The Hall–Kier alpha value is -1.59. The third-order valence-corrected chi connectivity index (χ3v) is 3.35. The fourth-order valence-electron chi connectivity index (χ4n) is 2.13. The highest BCUT2D eigenvalue weighted by molar-refractivity contribution is 5.81. The first kappa shape index (κ1) is 13.8. The first-order valence-corrected chi connectivity index (χ1v) is 6.54. The summed E-state index contributed by atoms with van der Waals surface area (Å²) < 4.78 is 5.27. The number of aromatic hydroxyl groups is 1. The van der Waals surface area contributed by atoms with Crippen LogP contribution in [0.5, 0.6) is 5.75 Å². The Morgan fingerprint density at radius 2 is 2.21 bits per heavy atom. The normalized spacial score (nSPS) is 17.9. The molecule has 1 amide bonds. The molecule has 0 bridgehead atoms. The highest BCUT2D eigenvalue weighted by atomic mass is 16.5. The smallest absolute Gasteiger partial charge is 0.237 e. The van der Waals surface area contributed by atoms with E-state index in [1.165, 1.54) is 0 Å². The molecule has 0 aliphatic carbocycles. The summed E-state index contributed by atoms with van der Waals surface area (Å²) in [6, 6.07) is 6.75. The zero-order chi connectivity index (χ0) is 13.7. The number of morpholine rings is 1. The molecule has 5 heteroatoms. The van der Waals surface area contributed by atoms with Crippen molar-refractivity contribution in [1.82, 2.24) is 10.2 Å². The van der Waals surface area contributed by atoms with E-state index < -0.39 is 0 Å². The van der Waals surface area contributed by atoms with Gasteiger partial charge in [0.1, 0.15) is 5.75 Å². The van der Waals surface area contributed by atoms with Crippen molar-refractivity contribution in [3.05, 3.63) is 29.8 Å². The number of rotatable bonds is 4. The van der Waals surface area contributed by atoms with E-state index in [0.29, 0.717) is 19.8 Å². The quantitative estimate of drug-likeness (QED) is 0.841. The Morgan fingerprint density at radius 3 is 2.89 bits per heavy atom. The molecule has 1 heterocycles. The zero-order valence-corrected chi connectivity index (χ0v) is 11.1. The average molecular weight is 264 g/mol. The van der Waals surface area contributed by atoms with Gasteiger partial charge >= 0.3 is 0 Å². The molecule has 1 aromatic rings. The highest BCUT2D eigenvalue weighted by Gasteiger charge is 2.22. The van der Waals surface area contributed by atoms with Crippen LogP contribution in [0.2, 0.25) is 0 Å². The number of phenols is 1. The first-order chi connectivity index (χ1) is 9.16. The van der Waals surface area contributed by atoms with Gasteiger partial charge in [-0.2, -0.15) is 0 Å². The molecular weight excluding hydrogens is 244 g/mol. The number of carbonyl (C=O) groups is 1. The molecule has 2 rings (SSSR count). The molecule has 0 spiro atoms. The standard InChI is InChI=1S/C14H20N2O3/c1-11(16-5-7-19-8-6-16)14(18)15-10-12-3-2-4-13(17)9-12/h2-4,9,11,17H,5-8,10H2,1H3,(H,15,18). The third-order valence-electron chi connectivity index (χ3n) is 3.35. The summed E-state index contributed by atoms with van der Waals surface area (Å²) in [7, 11) is 0. The lowest BCUT2D eigenvalue weighted by atomic mass is 10.2. The SMILES string of the molecule is CC(C(=O)NCc1cccc(O)c1)N1CCOCC1. The van der Waals surface area contributed by atoms with Crippen molar-refractivity contribution >= 4 is 5.91 Å². The second kappa shape index (κ2) is 6.54. The fraction of sp³-hybridized carbons (Fsp3) is 0.500. The molecule has 1 aliphatic heterocycles. The summed E-state index contributed by atoms with van der Waals surface area (Å²) in [6.07, 6.45) is 0. The van der Waals surface area contributed by atoms with Crippen molar-refractivity contribution in [1.29, 1.82) is 0 Å². The number of hydrogen-bond donors (Lipinski definition) is 2. The molecule has 1 saturated heterocycles. The Kier molecular flexibility index (Phi) is 4.76. The molecule has 2 N–H and O–H groups in total. The van der Waals surface area contributed by atoms with Gasteiger partial charge in [0.2, 0.25) is 5.91 Å². The van der Waals surface area contributed by atoms with Gasteiger partial charge in [0, 0.05) is 19.6 Å².